The van der Waals surface area contributed by atoms with E-state index in [-0.39, 0.29) is 5.56 Å². The molecule has 0 unspecified atom stereocenters. The number of rotatable bonds is 6. The van der Waals surface area contributed by atoms with Crippen molar-refractivity contribution in [2.75, 3.05) is 13.1 Å². The zero-order chi connectivity index (χ0) is 21.3. The summed E-state index contributed by atoms with van der Waals surface area (Å²) in [5, 5.41) is 0. The van der Waals surface area contributed by atoms with Crippen LogP contribution in [-0.4, -0.2) is 33.0 Å². The van der Waals surface area contributed by atoms with Crippen molar-refractivity contribution in [3.8, 4) is 0 Å². The van der Waals surface area contributed by atoms with E-state index in [0.717, 1.165) is 0 Å². The van der Waals surface area contributed by atoms with Gasteiger partial charge in [0.25, 0.3) is 5.92 Å². The summed E-state index contributed by atoms with van der Waals surface area (Å²) >= 11 is 0. The molecule has 0 aromatic heterocycles. The molecule has 0 radical (unpaired) electrons. The molecular formula is C21H33F3N2OS. The third-order valence-electron chi connectivity index (χ3n) is 5.47. The lowest BCUT2D eigenvalue weighted by Crippen LogP contribution is -2.42. The predicted molar refractivity (Wildman–Crippen MR) is 109 cm³/mol. The molecule has 1 aromatic rings. The number of hydrogen-bond donors (Lipinski definition) is 1. The molecule has 1 aliphatic rings. The molecule has 0 spiro atoms. The molecule has 1 heterocycles. The molecule has 0 amide bonds. The van der Waals surface area contributed by atoms with E-state index in [4.69, 9.17) is 0 Å². The number of nitrogens with zero attached hydrogens (tertiary/aromatic N) is 1. The summed E-state index contributed by atoms with van der Waals surface area (Å²) < 4.78 is 60.1. The van der Waals surface area contributed by atoms with Crippen molar-refractivity contribution in [1.29, 1.82) is 0 Å². The Hall–Kier alpha value is -0.920. The van der Waals surface area contributed by atoms with Crippen LogP contribution in [0.5, 0.6) is 0 Å². The van der Waals surface area contributed by atoms with Crippen LogP contribution in [0.25, 0.3) is 0 Å². The van der Waals surface area contributed by atoms with Crippen molar-refractivity contribution in [2.45, 2.75) is 77.1 Å². The first-order valence-electron chi connectivity index (χ1n) is 9.94. The summed E-state index contributed by atoms with van der Waals surface area (Å²) in [4.78, 5) is 2.17. The summed E-state index contributed by atoms with van der Waals surface area (Å²) in [6.45, 7) is 12.3. The molecule has 0 aliphatic carbocycles. The first kappa shape index (κ1) is 23.4. The van der Waals surface area contributed by atoms with Crippen molar-refractivity contribution in [3.63, 3.8) is 0 Å². The van der Waals surface area contributed by atoms with Crippen LogP contribution in [0.2, 0.25) is 0 Å². The lowest BCUT2D eigenvalue weighted by atomic mass is 9.85. The van der Waals surface area contributed by atoms with Gasteiger partial charge >= 0.3 is 0 Å². The summed E-state index contributed by atoms with van der Waals surface area (Å²) in [6.07, 6.45) is 0.688. The van der Waals surface area contributed by atoms with Crippen LogP contribution in [0.3, 0.4) is 0 Å². The van der Waals surface area contributed by atoms with Gasteiger partial charge in [-0.05, 0) is 67.5 Å². The third kappa shape index (κ3) is 5.16. The Morgan fingerprint density at radius 2 is 1.71 bits per heavy atom. The van der Waals surface area contributed by atoms with Crippen LogP contribution in [0, 0.1) is 11.7 Å². The molecular weight excluding hydrogens is 385 g/mol. The molecule has 1 saturated heterocycles. The highest BCUT2D eigenvalue weighted by molar-refractivity contribution is 7.84. The van der Waals surface area contributed by atoms with Gasteiger partial charge in [-0.15, -0.1) is 0 Å². The zero-order valence-electron chi connectivity index (χ0n) is 17.7. The number of nitrogens with one attached hydrogen (secondary N) is 1. The van der Waals surface area contributed by atoms with Crippen LogP contribution in [0.15, 0.2) is 18.2 Å². The van der Waals surface area contributed by atoms with E-state index >= 15 is 13.2 Å². The van der Waals surface area contributed by atoms with Crippen molar-refractivity contribution in [1.82, 2.24) is 9.62 Å². The smallest absolute Gasteiger partial charge is 0.278 e. The summed E-state index contributed by atoms with van der Waals surface area (Å²) in [6, 6.07) is 3.81. The number of alkyl halides is 2. The number of likely N-dealkylation sites (tertiary alicyclic amines) is 1. The minimum atomic E-state index is -3.23. The molecule has 3 nitrogen and oxygen atoms in total. The van der Waals surface area contributed by atoms with Crippen LogP contribution in [0.1, 0.15) is 71.6 Å². The fraction of sp³-hybridized carbons (Fsp3) is 0.714. The maximum absolute atomic E-state index is 15.2. The normalized spacial score (nSPS) is 19.8. The average Bonchev–Trinajstić information content (AvgIpc) is 2.60. The van der Waals surface area contributed by atoms with Crippen molar-refractivity contribution >= 4 is 11.0 Å². The highest BCUT2D eigenvalue weighted by atomic mass is 32.2. The van der Waals surface area contributed by atoms with Gasteiger partial charge in [-0.2, -0.15) is 0 Å². The van der Waals surface area contributed by atoms with Gasteiger partial charge in [-0.1, -0.05) is 18.2 Å². The van der Waals surface area contributed by atoms with E-state index in [9.17, 15) is 4.21 Å². The van der Waals surface area contributed by atoms with E-state index in [1.54, 1.807) is 27.7 Å². The highest BCUT2D eigenvalue weighted by Gasteiger charge is 2.45. The van der Waals surface area contributed by atoms with Crippen LogP contribution in [0.4, 0.5) is 13.2 Å². The number of piperidine rings is 1. The molecule has 2 rings (SSSR count). The van der Waals surface area contributed by atoms with Gasteiger partial charge in [0.05, 0.1) is 21.3 Å². The lowest BCUT2D eigenvalue weighted by molar-refractivity contribution is -0.0900. The first-order chi connectivity index (χ1) is 12.9. The second-order valence-electron chi connectivity index (χ2n) is 8.96. The molecule has 1 fully saturated rings. The molecule has 160 valence electrons. The average molecular weight is 419 g/mol. The standard InChI is InChI=1S/C21H33F3N2OS/c1-14(2)26-12-10-16(11-13-26)21(23,24)18-9-7-8-17(19(18)22)15(3)25-28(27)20(4,5)6/h7-9,14-16,25H,10-13H2,1-6H3/t15-,28+/m1/s1. The maximum atomic E-state index is 15.2. The second kappa shape index (κ2) is 8.84. The zero-order valence-corrected chi connectivity index (χ0v) is 18.5. The number of hydrogen-bond acceptors (Lipinski definition) is 2. The Kier molecular flexibility index (Phi) is 7.37. The monoisotopic (exact) mass is 418 g/mol. The van der Waals surface area contributed by atoms with Crippen molar-refractivity contribution in [2.24, 2.45) is 5.92 Å². The Morgan fingerprint density at radius 1 is 1.14 bits per heavy atom. The summed E-state index contributed by atoms with van der Waals surface area (Å²) in [5.74, 6) is -5.00. The minimum absolute atomic E-state index is 0.120. The molecule has 1 N–H and O–H groups in total. The number of halogens is 3. The molecule has 0 saturated carbocycles. The van der Waals surface area contributed by atoms with Crippen LogP contribution in [-0.2, 0) is 16.9 Å². The SMILES string of the molecule is CC(C)N1CCC(C(F)(F)c2cccc([C@@H](C)N[S@@](=O)C(C)(C)C)c2F)CC1. The van der Waals surface area contributed by atoms with E-state index < -0.39 is 45.0 Å². The summed E-state index contributed by atoms with van der Waals surface area (Å²) in [7, 11) is -1.43. The van der Waals surface area contributed by atoms with Gasteiger partial charge in [-0.3, -0.25) is 0 Å². The van der Waals surface area contributed by atoms with Crippen molar-refractivity contribution in [3.05, 3.63) is 35.1 Å². The molecule has 28 heavy (non-hydrogen) atoms. The fourth-order valence-corrected chi connectivity index (χ4v) is 4.34. The Labute approximate surface area is 169 Å². The first-order valence-corrected chi connectivity index (χ1v) is 11.1. The molecule has 7 heteroatoms. The molecule has 1 aliphatic heterocycles. The lowest BCUT2D eigenvalue weighted by Gasteiger charge is -2.38. The third-order valence-corrected chi connectivity index (χ3v) is 7.15. The Morgan fingerprint density at radius 3 is 2.21 bits per heavy atom. The van der Waals surface area contributed by atoms with Crippen LogP contribution >= 0.6 is 0 Å². The minimum Gasteiger partial charge on any atom is -0.301 e. The molecule has 0 bridgehead atoms. The summed E-state index contributed by atoms with van der Waals surface area (Å²) in [5.41, 5.74) is -0.433. The topological polar surface area (TPSA) is 32.3 Å². The number of benzene rings is 1. The molecule has 1 aromatic carbocycles. The van der Waals surface area contributed by atoms with Gasteiger partial charge in [0.15, 0.2) is 0 Å². The van der Waals surface area contributed by atoms with Crippen LogP contribution < -0.4 is 4.72 Å². The van der Waals surface area contributed by atoms with E-state index in [0.29, 0.717) is 32.0 Å². The Balaban J connectivity index is 2.22. The maximum Gasteiger partial charge on any atom is 0.278 e. The highest BCUT2D eigenvalue weighted by Crippen LogP contribution is 2.43. The predicted octanol–water partition coefficient (Wildman–Crippen LogP) is 5.15. The quantitative estimate of drug-likeness (QED) is 0.693. The van der Waals surface area contributed by atoms with E-state index in [1.165, 1.54) is 18.2 Å². The van der Waals surface area contributed by atoms with Crippen molar-refractivity contribution < 1.29 is 17.4 Å². The largest absolute Gasteiger partial charge is 0.301 e. The van der Waals surface area contributed by atoms with E-state index in [2.05, 4.69) is 23.5 Å². The fourth-order valence-electron chi connectivity index (χ4n) is 3.54. The Bertz CT molecular complexity index is 695. The van der Waals surface area contributed by atoms with Gasteiger partial charge < -0.3 is 4.90 Å². The second-order valence-corrected chi connectivity index (χ2v) is 11.0. The van der Waals surface area contributed by atoms with E-state index in [1.807, 2.05) is 0 Å². The van der Waals surface area contributed by atoms with Gasteiger partial charge in [0.1, 0.15) is 5.82 Å². The van der Waals surface area contributed by atoms with Gasteiger partial charge in [-0.25, -0.2) is 22.1 Å². The van der Waals surface area contributed by atoms with Gasteiger partial charge in [0, 0.05) is 23.6 Å². The van der Waals surface area contributed by atoms with Gasteiger partial charge in [0.2, 0.25) is 0 Å². The molecule has 2 atom stereocenters.